The van der Waals surface area contributed by atoms with Gasteiger partial charge in [-0.15, -0.1) is 0 Å². The molecule has 0 amide bonds. The van der Waals surface area contributed by atoms with E-state index in [4.69, 9.17) is 9.47 Å². The monoisotopic (exact) mass is 283 g/mol. The molecular formula is C15H22FNO3. The molecule has 1 atom stereocenters. The second-order valence-electron chi connectivity index (χ2n) is 4.97. The third-order valence-corrected chi connectivity index (χ3v) is 2.77. The van der Waals surface area contributed by atoms with Gasteiger partial charge in [0.25, 0.3) is 0 Å². The molecule has 0 bridgehead atoms. The summed E-state index contributed by atoms with van der Waals surface area (Å²) in [7, 11) is 1.35. The number of esters is 1. The van der Waals surface area contributed by atoms with Gasteiger partial charge < -0.3 is 14.8 Å². The third-order valence-electron chi connectivity index (χ3n) is 2.77. The van der Waals surface area contributed by atoms with Crippen molar-refractivity contribution in [2.24, 2.45) is 0 Å². The molecule has 0 heterocycles. The number of carbonyl (C=O) groups excluding carboxylic acids is 1. The SMILES string of the molecule is COC(=O)C(CCOc1cc(C)ccc1F)NC(C)C. The molecule has 0 fully saturated rings. The molecule has 0 saturated heterocycles. The highest BCUT2D eigenvalue weighted by Gasteiger charge is 2.19. The van der Waals surface area contributed by atoms with Crippen molar-refractivity contribution >= 4 is 5.97 Å². The summed E-state index contributed by atoms with van der Waals surface area (Å²) in [5.74, 6) is -0.535. The summed E-state index contributed by atoms with van der Waals surface area (Å²) in [5, 5.41) is 3.09. The molecule has 0 aromatic heterocycles. The lowest BCUT2D eigenvalue weighted by Gasteiger charge is -2.19. The Balaban J connectivity index is 2.55. The highest BCUT2D eigenvalue weighted by molar-refractivity contribution is 5.75. The van der Waals surface area contributed by atoms with Crippen LogP contribution in [0.15, 0.2) is 18.2 Å². The lowest BCUT2D eigenvalue weighted by Crippen LogP contribution is -2.42. The molecule has 1 aromatic rings. The summed E-state index contributed by atoms with van der Waals surface area (Å²) in [5.41, 5.74) is 0.922. The molecule has 5 heteroatoms. The van der Waals surface area contributed by atoms with Gasteiger partial charge in [-0.3, -0.25) is 4.79 Å². The number of hydrogen-bond donors (Lipinski definition) is 1. The largest absolute Gasteiger partial charge is 0.490 e. The summed E-state index contributed by atoms with van der Waals surface area (Å²) < 4.78 is 23.6. The maximum Gasteiger partial charge on any atom is 0.322 e. The first-order valence-electron chi connectivity index (χ1n) is 6.67. The van der Waals surface area contributed by atoms with Crippen LogP contribution in [0.25, 0.3) is 0 Å². The van der Waals surface area contributed by atoms with Gasteiger partial charge in [-0.05, 0) is 24.6 Å². The van der Waals surface area contributed by atoms with E-state index in [1.54, 1.807) is 12.1 Å². The first-order chi connectivity index (χ1) is 9.43. The molecule has 1 N–H and O–H groups in total. The Morgan fingerprint density at radius 2 is 2.10 bits per heavy atom. The van der Waals surface area contributed by atoms with Crippen molar-refractivity contribution in [3.8, 4) is 5.75 Å². The third kappa shape index (κ3) is 5.17. The molecule has 4 nitrogen and oxygen atoms in total. The number of rotatable bonds is 7. The Morgan fingerprint density at radius 3 is 2.70 bits per heavy atom. The summed E-state index contributed by atoms with van der Waals surface area (Å²) in [6.45, 7) is 5.98. The van der Waals surface area contributed by atoms with Gasteiger partial charge >= 0.3 is 5.97 Å². The summed E-state index contributed by atoms with van der Waals surface area (Å²) in [6, 6.07) is 4.38. The fourth-order valence-corrected chi connectivity index (χ4v) is 1.82. The van der Waals surface area contributed by atoms with Crippen molar-refractivity contribution in [1.29, 1.82) is 0 Å². The zero-order valence-corrected chi connectivity index (χ0v) is 12.4. The average molecular weight is 283 g/mol. The van der Waals surface area contributed by atoms with Gasteiger partial charge in [0.15, 0.2) is 11.6 Å². The molecule has 0 radical (unpaired) electrons. The fraction of sp³-hybridized carbons (Fsp3) is 0.533. The average Bonchev–Trinajstić information content (AvgIpc) is 2.40. The van der Waals surface area contributed by atoms with Crippen LogP contribution in [0.2, 0.25) is 0 Å². The number of carbonyl (C=O) groups is 1. The van der Waals surface area contributed by atoms with Gasteiger partial charge in [-0.1, -0.05) is 19.9 Å². The van der Waals surface area contributed by atoms with Gasteiger partial charge in [-0.2, -0.15) is 0 Å². The number of hydrogen-bond acceptors (Lipinski definition) is 4. The standard InChI is InChI=1S/C15H22FNO3/c1-10(2)17-13(15(18)19-4)7-8-20-14-9-11(3)5-6-12(14)16/h5-6,9-10,13,17H,7-8H2,1-4H3. The van der Waals surface area contributed by atoms with Crippen LogP contribution in [0.5, 0.6) is 5.75 Å². The van der Waals surface area contributed by atoms with Crippen LogP contribution in [-0.4, -0.2) is 31.8 Å². The van der Waals surface area contributed by atoms with E-state index in [0.717, 1.165) is 5.56 Å². The molecule has 0 aliphatic carbocycles. The van der Waals surface area contributed by atoms with E-state index < -0.39 is 11.9 Å². The molecule has 0 aliphatic rings. The van der Waals surface area contributed by atoms with Gasteiger partial charge in [0.05, 0.1) is 13.7 Å². The van der Waals surface area contributed by atoms with Crippen LogP contribution in [0, 0.1) is 12.7 Å². The maximum absolute atomic E-state index is 13.5. The quantitative estimate of drug-likeness (QED) is 0.781. The molecule has 1 rings (SSSR count). The van der Waals surface area contributed by atoms with E-state index in [0.29, 0.717) is 6.42 Å². The number of ether oxygens (including phenoxy) is 2. The maximum atomic E-state index is 13.5. The minimum Gasteiger partial charge on any atom is -0.490 e. The fourth-order valence-electron chi connectivity index (χ4n) is 1.82. The van der Waals surface area contributed by atoms with Crippen LogP contribution in [0.3, 0.4) is 0 Å². The molecule has 0 aliphatic heterocycles. The van der Waals surface area contributed by atoms with Crippen LogP contribution in [0.1, 0.15) is 25.8 Å². The van der Waals surface area contributed by atoms with Gasteiger partial charge in [-0.25, -0.2) is 4.39 Å². The second kappa shape index (κ2) is 7.85. The first-order valence-corrected chi connectivity index (χ1v) is 6.67. The minimum atomic E-state index is -0.451. The zero-order valence-electron chi connectivity index (χ0n) is 12.4. The Kier molecular flexibility index (Phi) is 6.45. The summed E-state index contributed by atoms with van der Waals surface area (Å²) >= 11 is 0. The number of benzene rings is 1. The predicted octanol–water partition coefficient (Wildman–Crippen LogP) is 2.44. The highest BCUT2D eigenvalue weighted by Crippen LogP contribution is 2.18. The van der Waals surface area contributed by atoms with Crippen molar-refractivity contribution in [3.05, 3.63) is 29.6 Å². The normalized spacial score (nSPS) is 12.3. The van der Waals surface area contributed by atoms with Crippen molar-refractivity contribution in [1.82, 2.24) is 5.32 Å². The zero-order chi connectivity index (χ0) is 15.1. The number of nitrogens with one attached hydrogen (secondary N) is 1. The lowest BCUT2D eigenvalue weighted by molar-refractivity contribution is -0.143. The van der Waals surface area contributed by atoms with Crippen LogP contribution in [0.4, 0.5) is 4.39 Å². The highest BCUT2D eigenvalue weighted by atomic mass is 19.1. The van der Waals surface area contributed by atoms with E-state index in [1.807, 2.05) is 20.8 Å². The van der Waals surface area contributed by atoms with Crippen LogP contribution >= 0.6 is 0 Å². The van der Waals surface area contributed by atoms with Gasteiger partial charge in [0, 0.05) is 12.5 Å². The summed E-state index contributed by atoms with van der Waals surface area (Å²) in [6.07, 6.45) is 0.415. The Hall–Kier alpha value is -1.62. The predicted molar refractivity (Wildman–Crippen MR) is 75.3 cm³/mol. The van der Waals surface area contributed by atoms with Crippen molar-refractivity contribution in [3.63, 3.8) is 0 Å². The Morgan fingerprint density at radius 1 is 1.40 bits per heavy atom. The number of halogens is 1. The number of aryl methyl sites for hydroxylation is 1. The van der Waals surface area contributed by atoms with E-state index in [9.17, 15) is 9.18 Å². The first kappa shape index (κ1) is 16.4. The van der Waals surface area contributed by atoms with Crippen LogP contribution < -0.4 is 10.1 Å². The molecule has 1 unspecified atom stereocenters. The minimum absolute atomic E-state index is 0.148. The molecule has 0 spiro atoms. The van der Waals surface area contributed by atoms with Gasteiger partial charge in [0.2, 0.25) is 0 Å². The topological polar surface area (TPSA) is 47.6 Å². The van der Waals surface area contributed by atoms with E-state index in [2.05, 4.69) is 5.32 Å². The summed E-state index contributed by atoms with van der Waals surface area (Å²) in [4.78, 5) is 11.6. The Bertz CT molecular complexity index is 449. The molecule has 0 saturated carbocycles. The van der Waals surface area contributed by atoms with E-state index in [1.165, 1.54) is 13.2 Å². The lowest BCUT2D eigenvalue weighted by atomic mass is 10.2. The van der Waals surface area contributed by atoms with Crippen LogP contribution in [-0.2, 0) is 9.53 Å². The van der Waals surface area contributed by atoms with E-state index in [-0.39, 0.29) is 24.4 Å². The molecule has 112 valence electrons. The second-order valence-corrected chi connectivity index (χ2v) is 4.97. The smallest absolute Gasteiger partial charge is 0.322 e. The van der Waals surface area contributed by atoms with Gasteiger partial charge in [0.1, 0.15) is 6.04 Å². The number of methoxy groups -OCH3 is 1. The molecular weight excluding hydrogens is 261 g/mol. The van der Waals surface area contributed by atoms with Crippen molar-refractivity contribution < 1.29 is 18.7 Å². The van der Waals surface area contributed by atoms with E-state index >= 15 is 0 Å². The molecule has 1 aromatic carbocycles. The van der Waals surface area contributed by atoms with Crippen molar-refractivity contribution in [2.75, 3.05) is 13.7 Å². The van der Waals surface area contributed by atoms with Crippen molar-refractivity contribution in [2.45, 2.75) is 39.3 Å². The Labute approximate surface area is 119 Å². The molecule has 20 heavy (non-hydrogen) atoms.